The van der Waals surface area contributed by atoms with Gasteiger partial charge in [-0.1, -0.05) is 38.4 Å². The van der Waals surface area contributed by atoms with Gasteiger partial charge in [-0.25, -0.2) is 0 Å². The molecule has 1 atom stereocenters. The van der Waals surface area contributed by atoms with Crippen LogP contribution < -0.4 is 11.1 Å². The molecule has 0 radical (unpaired) electrons. The Hall–Kier alpha value is -0.640. The van der Waals surface area contributed by atoms with E-state index in [2.05, 4.69) is 12.2 Å². The summed E-state index contributed by atoms with van der Waals surface area (Å²) >= 11 is 5.08. The molecule has 1 aliphatic carbocycles. The summed E-state index contributed by atoms with van der Waals surface area (Å²) in [5, 5.41) is 3.04. The molecule has 0 aromatic heterocycles. The maximum absolute atomic E-state index is 12.2. The Kier molecular flexibility index (Phi) is 4.71. The van der Waals surface area contributed by atoms with Crippen LogP contribution in [-0.4, -0.2) is 16.9 Å². The maximum Gasteiger partial charge on any atom is 0.233 e. The van der Waals surface area contributed by atoms with Crippen LogP contribution in [0.15, 0.2) is 0 Å². The minimum Gasteiger partial charge on any atom is -0.392 e. The van der Waals surface area contributed by atoms with Gasteiger partial charge in [0.2, 0.25) is 5.91 Å². The lowest BCUT2D eigenvalue weighted by atomic mass is 9.84. The van der Waals surface area contributed by atoms with Crippen LogP contribution in [0.2, 0.25) is 0 Å². The van der Waals surface area contributed by atoms with Gasteiger partial charge < -0.3 is 11.1 Å². The fraction of sp³-hybridized carbons (Fsp3) is 0.833. The SMILES string of the molecule is CCCC(C)NC(=O)C1(C(N)=S)CCCC1. The number of rotatable bonds is 5. The van der Waals surface area contributed by atoms with Gasteiger partial charge >= 0.3 is 0 Å². The number of carbonyl (C=O) groups excluding carboxylic acids is 1. The molecule has 1 saturated carbocycles. The largest absolute Gasteiger partial charge is 0.392 e. The molecule has 1 unspecified atom stereocenters. The summed E-state index contributed by atoms with van der Waals surface area (Å²) in [4.78, 5) is 12.6. The Morgan fingerprint density at radius 2 is 2.06 bits per heavy atom. The molecule has 0 heterocycles. The van der Waals surface area contributed by atoms with Gasteiger partial charge in [-0.2, -0.15) is 0 Å². The van der Waals surface area contributed by atoms with Crippen LogP contribution in [0, 0.1) is 5.41 Å². The van der Waals surface area contributed by atoms with Crippen LogP contribution in [0.4, 0.5) is 0 Å². The lowest BCUT2D eigenvalue weighted by Gasteiger charge is -2.28. The van der Waals surface area contributed by atoms with Crippen molar-refractivity contribution < 1.29 is 4.79 Å². The van der Waals surface area contributed by atoms with Crippen LogP contribution in [0.5, 0.6) is 0 Å². The first-order valence-corrected chi connectivity index (χ1v) is 6.54. The fourth-order valence-electron chi connectivity index (χ4n) is 2.43. The quantitative estimate of drug-likeness (QED) is 0.726. The van der Waals surface area contributed by atoms with Gasteiger partial charge in [0.25, 0.3) is 0 Å². The standard InChI is InChI=1S/C12H22N2OS/c1-3-6-9(2)14-11(15)12(10(13)16)7-4-5-8-12/h9H,3-8H2,1-2H3,(H2,13,16)(H,14,15). The fourth-order valence-corrected chi connectivity index (χ4v) is 2.73. The lowest BCUT2D eigenvalue weighted by molar-refractivity contribution is -0.127. The second-order valence-corrected chi connectivity index (χ2v) is 5.26. The third kappa shape index (κ3) is 2.73. The van der Waals surface area contributed by atoms with Crippen molar-refractivity contribution in [2.24, 2.45) is 11.1 Å². The zero-order valence-corrected chi connectivity index (χ0v) is 11.0. The third-order valence-electron chi connectivity index (χ3n) is 3.46. The monoisotopic (exact) mass is 242 g/mol. The first kappa shape index (κ1) is 13.4. The molecule has 0 saturated heterocycles. The van der Waals surface area contributed by atoms with Crippen molar-refractivity contribution in [3.63, 3.8) is 0 Å². The van der Waals surface area contributed by atoms with Crippen molar-refractivity contribution in [3.05, 3.63) is 0 Å². The first-order valence-electron chi connectivity index (χ1n) is 6.14. The van der Waals surface area contributed by atoms with Gasteiger partial charge in [-0.3, -0.25) is 4.79 Å². The van der Waals surface area contributed by atoms with E-state index >= 15 is 0 Å². The third-order valence-corrected chi connectivity index (χ3v) is 3.85. The highest BCUT2D eigenvalue weighted by Gasteiger charge is 2.44. The summed E-state index contributed by atoms with van der Waals surface area (Å²) in [6.07, 6.45) is 5.79. The second-order valence-electron chi connectivity index (χ2n) is 4.82. The summed E-state index contributed by atoms with van der Waals surface area (Å²) < 4.78 is 0. The highest BCUT2D eigenvalue weighted by Crippen LogP contribution is 2.38. The summed E-state index contributed by atoms with van der Waals surface area (Å²) in [5.74, 6) is 0.0402. The Balaban J connectivity index is 2.66. The predicted molar refractivity (Wildman–Crippen MR) is 70.2 cm³/mol. The molecule has 4 heteroatoms. The molecule has 0 spiro atoms. The molecule has 1 fully saturated rings. The number of thiocarbonyl (C=S) groups is 1. The van der Waals surface area contributed by atoms with E-state index in [1.54, 1.807) is 0 Å². The Morgan fingerprint density at radius 1 is 1.50 bits per heavy atom. The zero-order valence-electron chi connectivity index (χ0n) is 10.2. The molecule has 3 N–H and O–H groups in total. The molecule has 0 aliphatic heterocycles. The second kappa shape index (κ2) is 5.62. The molecule has 0 bridgehead atoms. The minimum absolute atomic E-state index is 0.0402. The Labute approximate surface area is 103 Å². The molecular formula is C12H22N2OS. The molecule has 16 heavy (non-hydrogen) atoms. The van der Waals surface area contributed by atoms with Gasteiger partial charge in [-0.05, 0) is 26.2 Å². The van der Waals surface area contributed by atoms with E-state index in [4.69, 9.17) is 18.0 Å². The molecule has 0 aromatic carbocycles. The molecule has 1 amide bonds. The topological polar surface area (TPSA) is 55.1 Å². The van der Waals surface area contributed by atoms with Crippen LogP contribution in [0.3, 0.4) is 0 Å². The van der Waals surface area contributed by atoms with Crippen molar-refractivity contribution >= 4 is 23.1 Å². The molecule has 1 rings (SSSR count). The average molecular weight is 242 g/mol. The van der Waals surface area contributed by atoms with Crippen molar-refractivity contribution in [3.8, 4) is 0 Å². The van der Waals surface area contributed by atoms with Gasteiger partial charge in [-0.15, -0.1) is 0 Å². The predicted octanol–water partition coefficient (Wildman–Crippen LogP) is 2.14. The highest BCUT2D eigenvalue weighted by atomic mass is 32.1. The normalized spacial score (nSPS) is 20.4. The van der Waals surface area contributed by atoms with Crippen molar-refractivity contribution in [2.75, 3.05) is 0 Å². The van der Waals surface area contributed by atoms with E-state index in [-0.39, 0.29) is 11.9 Å². The van der Waals surface area contributed by atoms with E-state index in [9.17, 15) is 4.79 Å². The average Bonchev–Trinajstić information content (AvgIpc) is 2.67. The highest BCUT2D eigenvalue weighted by molar-refractivity contribution is 7.80. The smallest absolute Gasteiger partial charge is 0.233 e. The van der Waals surface area contributed by atoms with E-state index in [0.29, 0.717) is 4.99 Å². The minimum atomic E-state index is -0.558. The Bertz CT molecular complexity index is 272. The lowest BCUT2D eigenvalue weighted by Crippen LogP contribution is -2.49. The van der Waals surface area contributed by atoms with Crippen molar-refractivity contribution in [1.82, 2.24) is 5.32 Å². The maximum atomic E-state index is 12.2. The van der Waals surface area contributed by atoms with Gasteiger partial charge in [0.05, 0.1) is 10.4 Å². The van der Waals surface area contributed by atoms with Crippen LogP contribution in [0.1, 0.15) is 52.4 Å². The van der Waals surface area contributed by atoms with Crippen molar-refractivity contribution in [2.45, 2.75) is 58.4 Å². The van der Waals surface area contributed by atoms with Crippen LogP contribution in [-0.2, 0) is 4.79 Å². The van der Waals surface area contributed by atoms with E-state index in [1.165, 1.54) is 0 Å². The van der Waals surface area contributed by atoms with Crippen LogP contribution >= 0.6 is 12.2 Å². The van der Waals surface area contributed by atoms with E-state index < -0.39 is 5.41 Å². The summed E-state index contributed by atoms with van der Waals surface area (Å²) in [7, 11) is 0. The zero-order chi connectivity index (χ0) is 12.2. The van der Waals surface area contributed by atoms with Crippen LogP contribution in [0.25, 0.3) is 0 Å². The summed E-state index contributed by atoms with van der Waals surface area (Å²) in [5.41, 5.74) is 5.20. The number of hydrogen-bond donors (Lipinski definition) is 2. The first-order chi connectivity index (χ1) is 7.53. The van der Waals surface area contributed by atoms with Crippen molar-refractivity contribution in [1.29, 1.82) is 0 Å². The number of carbonyl (C=O) groups is 1. The van der Waals surface area contributed by atoms with E-state index in [1.807, 2.05) is 6.92 Å². The number of nitrogens with two attached hydrogens (primary N) is 1. The molecule has 92 valence electrons. The van der Waals surface area contributed by atoms with E-state index in [0.717, 1.165) is 38.5 Å². The molecular weight excluding hydrogens is 220 g/mol. The number of amides is 1. The van der Waals surface area contributed by atoms with Gasteiger partial charge in [0.15, 0.2) is 0 Å². The Morgan fingerprint density at radius 3 is 2.50 bits per heavy atom. The summed E-state index contributed by atoms with van der Waals surface area (Å²) in [6.45, 7) is 4.14. The summed E-state index contributed by atoms with van der Waals surface area (Å²) in [6, 6.07) is 0.212. The van der Waals surface area contributed by atoms with Gasteiger partial charge in [0.1, 0.15) is 0 Å². The molecule has 0 aromatic rings. The number of hydrogen-bond acceptors (Lipinski definition) is 2. The van der Waals surface area contributed by atoms with Gasteiger partial charge in [0, 0.05) is 6.04 Å². The molecule has 1 aliphatic rings. The molecule has 3 nitrogen and oxygen atoms in total. The number of nitrogens with one attached hydrogen (secondary N) is 1.